The number of carbonyl (C=O) groups is 2. The van der Waals surface area contributed by atoms with E-state index < -0.39 is 11.1 Å². The van der Waals surface area contributed by atoms with Gasteiger partial charge in [0.2, 0.25) is 0 Å². The number of ether oxygens (including phenoxy) is 2. The van der Waals surface area contributed by atoms with Gasteiger partial charge in [-0.1, -0.05) is 45.2 Å². The molecule has 3 aromatic rings. The van der Waals surface area contributed by atoms with Crippen LogP contribution in [0.15, 0.2) is 70.0 Å². The lowest BCUT2D eigenvalue weighted by Crippen LogP contribution is -2.32. The Labute approximate surface area is 223 Å². The third-order valence-corrected chi connectivity index (χ3v) is 7.05. The molecule has 0 aromatic heterocycles. The molecule has 1 aliphatic heterocycles. The monoisotopic (exact) mass is 595 g/mol. The zero-order chi connectivity index (χ0) is 24.9. The number of benzene rings is 3. The first-order valence-electron chi connectivity index (χ1n) is 10.3. The van der Waals surface area contributed by atoms with E-state index >= 15 is 0 Å². The van der Waals surface area contributed by atoms with Crippen LogP contribution in [0, 0.1) is 5.82 Å². The van der Waals surface area contributed by atoms with Crippen molar-refractivity contribution < 1.29 is 23.5 Å². The van der Waals surface area contributed by atoms with Gasteiger partial charge in [0.05, 0.1) is 21.5 Å². The van der Waals surface area contributed by atoms with E-state index in [0.29, 0.717) is 27.1 Å². The Hall–Kier alpha value is -2.52. The van der Waals surface area contributed by atoms with Crippen molar-refractivity contribution in [2.45, 2.75) is 6.61 Å². The maximum absolute atomic E-state index is 13.0. The van der Waals surface area contributed by atoms with Crippen molar-refractivity contribution in [3.8, 4) is 11.5 Å². The maximum Gasteiger partial charge on any atom is 0.293 e. The summed E-state index contributed by atoms with van der Waals surface area (Å²) < 4.78 is 25.3. The fourth-order valence-electron chi connectivity index (χ4n) is 3.17. The van der Waals surface area contributed by atoms with Crippen molar-refractivity contribution in [1.82, 2.24) is 4.90 Å². The molecule has 0 spiro atoms. The molecule has 2 amide bonds. The number of carbonyl (C=O) groups excluding carboxylic acids is 2. The first-order chi connectivity index (χ1) is 16.8. The van der Waals surface area contributed by atoms with Crippen LogP contribution in [0.4, 0.5) is 9.18 Å². The molecule has 0 radical (unpaired) electrons. The summed E-state index contributed by atoms with van der Waals surface area (Å²) in [5.41, 5.74) is 1.46. The minimum Gasteiger partial charge on any atom is -0.492 e. The summed E-state index contributed by atoms with van der Waals surface area (Å²) >= 11 is 16.3. The largest absolute Gasteiger partial charge is 0.492 e. The van der Waals surface area contributed by atoms with E-state index in [1.807, 2.05) is 12.1 Å². The van der Waals surface area contributed by atoms with Crippen molar-refractivity contribution in [3.05, 3.63) is 97.0 Å². The Balaban J connectivity index is 1.44. The number of halogens is 4. The smallest absolute Gasteiger partial charge is 0.293 e. The Kier molecular flexibility index (Phi) is 8.38. The van der Waals surface area contributed by atoms with Crippen LogP contribution in [-0.2, 0) is 11.4 Å². The standard InChI is InChI=1S/C25H17BrCl2FNO4S/c26-17-2-8-22(34-14-15-1-7-20(27)21(28)11-15)16(12-17)13-23-24(31)30(25(32)35-23)9-10-33-19-5-3-18(29)4-6-19/h1-8,11-13H,9-10,14H2/b23-13-. The lowest BCUT2D eigenvalue weighted by atomic mass is 10.1. The van der Waals surface area contributed by atoms with Crippen LogP contribution in [0.1, 0.15) is 11.1 Å². The van der Waals surface area contributed by atoms with Gasteiger partial charge in [0, 0.05) is 10.0 Å². The summed E-state index contributed by atoms with van der Waals surface area (Å²) in [6.07, 6.45) is 1.63. The number of rotatable bonds is 8. The van der Waals surface area contributed by atoms with E-state index in [-0.39, 0.29) is 30.5 Å². The summed E-state index contributed by atoms with van der Waals surface area (Å²) in [4.78, 5) is 26.7. The van der Waals surface area contributed by atoms with Gasteiger partial charge in [-0.25, -0.2) is 4.39 Å². The van der Waals surface area contributed by atoms with Crippen LogP contribution in [0.3, 0.4) is 0 Å². The summed E-state index contributed by atoms with van der Waals surface area (Å²) in [5, 5.41) is 0.497. The molecular weight excluding hydrogens is 580 g/mol. The molecule has 180 valence electrons. The Morgan fingerprint density at radius 1 is 0.971 bits per heavy atom. The van der Waals surface area contributed by atoms with Crippen molar-refractivity contribution in [3.63, 3.8) is 0 Å². The van der Waals surface area contributed by atoms with Gasteiger partial charge in [-0.3, -0.25) is 14.5 Å². The second kappa shape index (κ2) is 11.5. The molecule has 5 nitrogen and oxygen atoms in total. The summed E-state index contributed by atoms with van der Waals surface area (Å²) in [6.45, 7) is 0.395. The molecule has 0 unspecified atom stereocenters. The highest BCUT2D eigenvalue weighted by molar-refractivity contribution is 9.10. The molecular formula is C25H17BrCl2FNO4S. The fraction of sp³-hybridized carbons (Fsp3) is 0.120. The van der Waals surface area contributed by atoms with E-state index in [9.17, 15) is 14.0 Å². The molecule has 4 rings (SSSR count). The Morgan fingerprint density at radius 2 is 1.74 bits per heavy atom. The third kappa shape index (κ3) is 6.58. The van der Waals surface area contributed by atoms with Gasteiger partial charge in [-0.2, -0.15) is 0 Å². The average Bonchev–Trinajstić information content (AvgIpc) is 3.09. The topological polar surface area (TPSA) is 55.8 Å². The van der Waals surface area contributed by atoms with Gasteiger partial charge in [0.15, 0.2) is 0 Å². The van der Waals surface area contributed by atoms with Crippen LogP contribution in [0.2, 0.25) is 10.0 Å². The maximum atomic E-state index is 13.0. The van der Waals surface area contributed by atoms with Crippen molar-refractivity contribution in [2.24, 2.45) is 0 Å². The SMILES string of the molecule is O=C1S/C(=C\c2cc(Br)ccc2OCc2ccc(Cl)c(Cl)c2)C(=O)N1CCOc1ccc(F)cc1. The lowest BCUT2D eigenvalue weighted by molar-refractivity contribution is -0.123. The Bertz CT molecular complexity index is 1300. The fourth-order valence-corrected chi connectivity index (χ4v) is 4.73. The second-order valence-electron chi connectivity index (χ2n) is 7.36. The van der Waals surface area contributed by atoms with Gasteiger partial charge in [0.1, 0.15) is 30.5 Å². The second-order valence-corrected chi connectivity index (χ2v) is 10.1. The normalized spacial score (nSPS) is 14.6. The van der Waals surface area contributed by atoms with Crippen molar-refractivity contribution in [2.75, 3.05) is 13.2 Å². The van der Waals surface area contributed by atoms with Gasteiger partial charge in [-0.05, 0) is 78.0 Å². The molecule has 0 saturated carbocycles. The zero-order valence-corrected chi connectivity index (χ0v) is 21.9. The van der Waals surface area contributed by atoms with Gasteiger partial charge in [-0.15, -0.1) is 0 Å². The predicted molar refractivity (Wildman–Crippen MR) is 140 cm³/mol. The van der Waals surface area contributed by atoms with Crippen molar-refractivity contribution >= 4 is 68.1 Å². The number of nitrogens with zero attached hydrogens (tertiary/aromatic N) is 1. The summed E-state index contributed by atoms with van der Waals surface area (Å²) in [7, 11) is 0. The highest BCUT2D eigenvalue weighted by Gasteiger charge is 2.35. The molecule has 1 aliphatic rings. The minimum atomic E-state index is -0.418. The molecule has 1 heterocycles. The molecule has 0 atom stereocenters. The van der Waals surface area contributed by atoms with Gasteiger partial charge < -0.3 is 9.47 Å². The van der Waals surface area contributed by atoms with Crippen LogP contribution in [-0.4, -0.2) is 29.2 Å². The van der Waals surface area contributed by atoms with Gasteiger partial charge >= 0.3 is 0 Å². The van der Waals surface area contributed by atoms with E-state index in [0.717, 1.165) is 26.7 Å². The summed E-state index contributed by atoms with van der Waals surface area (Å²) in [5.74, 6) is 0.192. The Morgan fingerprint density at radius 3 is 2.49 bits per heavy atom. The molecule has 3 aromatic carbocycles. The van der Waals surface area contributed by atoms with Crippen molar-refractivity contribution in [1.29, 1.82) is 0 Å². The third-order valence-electron chi connectivity index (χ3n) is 4.91. The number of hydrogen-bond acceptors (Lipinski definition) is 5. The zero-order valence-electron chi connectivity index (χ0n) is 18.0. The molecule has 0 N–H and O–H groups in total. The first kappa shape index (κ1) is 25.6. The van der Waals surface area contributed by atoms with E-state index in [1.54, 1.807) is 30.3 Å². The predicted octanol–water partition coefficient (Wildman–Crippen LogP) is 7.59. The number of imide groups is 1. The van der Waals surface area contributed by atoms with E-state index in [2.05, 4.69) is 15.9 Å². The molecule has 1 fully saturated rings. The lowest BCUT2D eigenvalue weighted by Gasteiger charge is -2.13. The first-order valence-corrected chi connectivity index (χ1v) is 12.7. The number of thioether (sulfide) groups is 1. The van der Waals surface area contributed by atoms with Crippen LogP contribution < -0.4 is 9.47 Å². The number of hydrogen-bond donors (Lipinski definition) is 0. The van der Waals surface area contributed by atoms with Crippen LogP contribution >= 0.6 is 50.9 Å². The molecule has 10 heteroatoms. The number of amides is 2. The van der Waals surface area contributed by atoms with Crippen LogP contribution in [0.25, 0.3) is 6.08 Å². The molecule has 35 heavy (non-hydrogen) atoms. The van der Waals surface area contributed by atoms with E-state index in [1.165, 1.54) is 24.3 Å². The molecule has 0 bridgehead atoms. The molecule has 1 saturated heterocycles. The van der Waals surface area contributed by atoms with Crippen LogP contribution in [0.5, 0.6) is 11.5 Å². The highest BCUT2D eigenvalue weighted by atomic mass is 79.9. The van der Waals surface area contributed by atoms with Gasteiger partial charge in [0.25, 0.3) is 11.1 Å². The highest BCUT2D eigenvalue weighted by Crippen LogP contribution is 2.35. The minimum absolute atomic E-state index is 0.0680. The van der Waals surface area contributed by atoms with E-state index in [4.69, 9.17) is 32.7 Å². The quantitative estimate of drug-likeness (QED) is 0.251. The average molecular weight is 597 g/mol. The summed E-state index contributed by atoms with van der Waals surface area (Å²) in [6, 6.07) is 16.1. The molecule has 0 aliphatic carbocycles.